The van der Waals surface area contributed by atoms with Crippen molar-refractivity contribution in [3.8, 4) is 6.07 Å². The van der Waals surface area contributed by atoms with Crippen LogP contribution in [0.25, 0.3) is 5.52 Å². The van der Waals surface area contributed by atoms with Gasteiger partial charge in [0, 0.05) is 24.9 Å². The molecule has 3 aromatic rings. The molecule has 0 aromatic carbocycles. The van der Waals surface area contributed by atoms with Gasteiger partial charge in [0.1, 0.15) is 18.8 Å². The molecule has 7 heteroatoms. The predicted molar refractivity (Wildman–Crippen MR) is 74.8 cm³/mol. The number of imidazole rings is 1. The van der Waals surface area contributed by atoms with Gasteiger partial charge in [0.25, 0.3) is 0 Å². The molecule has 0 unspecified atom stereocenters. The third kappa shape index (κ3) is 2.03. The van der Waals surface area contributed by atoms with Crippen LogP contribution in [-0.4, -0.2) is 18.9 Å². The van der Waals surface area contributed by atoms with Crippen molar-refractivity contribution in [3.63, 3.8) is 0 Å². The molecule has 0 amide bonds. The number of pyridine rings is 1. The molecule has 3 rings (SSSR count). The van der Waals surface area contributed by atoms with E-state index in [1.54, 1.807) is 6.92 Å². The van der Waals surface area contributed by atoms with Gasteiger partial charge in [0.2, 0.25) is 0 Å². The van der Waals surface area contributed by atoms with Crippen molar-refractivity contribution < 1.29 is 4.92 Å². The fraction of sp³-hybridized carbons (Fsp3) is 0.143. The molecule has 21 heavy (non-hydrogen) atoms. The Morgan fingerprint density at radius 1 is 1.48 bits per heavy atom. The molecule has 0 spiro atoms. The van der Waals surface area contributed by atoms with Gasteiger partial charge in [0.15, 0.2) is 5.82 Å². The van der Waals surface area contributed by atoms with Crippen LogP contribution in [0.3, 0.4) is 0 Å². The minimum Gasteiger partial charge on any atom is -0.358 e. The van der Waals surface area contributed by atoms with E-state index in [-0.39, 0.29) is 12.4 Å². The Kier molecular flexibility index (Phi) is 2.92. The summed E-state index contributed by atoms with van der Waals surface area (Å²) in [5, 5.41) is 20.4. The summed E-state index contributed by atoms with van der Waals surface area (Å²) in [5.74, 6) is 0.465. The average Bonchev–Trinajstić information content (AvgIpc) is 3.00. The summed E-state index contributed by atoms with van der Waals surface area (Å²) < 4.78 is 3.33. The number of aromatic nitrogens is 3. The first-order valence-corrected chi connectivity index (χ1v) is 6.27. The molecular formula is C14H11N5O2. The molecule has 0 N–H and O–H groups in total. The zero-order valence-corrected chi connectivity index (χ0v) is 11.2. The van der Waals surface area contributed by atoms with Gasteiger partial charge < -0.3 is 14.5 Å². The molecule has 3 heterocycles. The first-order chi connectivity index (χ1) is 10.1. The Bertz CT molecular complexity index is 885. The van der Waals surface area contributed by atoms with Crippen molar-refractivity contribution in [2.75, 3.05) is 0 Å². The Labute approximate surface area is 119 Å². The first kappa shape index (κ1) is 12.9. The molecule has 0 saturated heterocycles. The van der Waals surface area contributed by atoms with Crippen molar-refractivity contribution in [2.24, 2.45) is 0 Å². The molecular weight excluding hydrogens is 270 g/mol. The van der Waals surface area contributed by atoms with Gasteiger partial charge >= 0.3 is 5.82 Å². The van der Waals surface area contributed by atoms with E-state index in [4.69, 9.17) is 0 Å². The first-order valence-electron chi connectivity index (χ1n) is 6.27. The highest BCUT2D eigenvalue weighted by atomic mass is 16.6. The third-order valence-corrected chi connectivity index (χ3v) is 3.42. The van der Waals surface area contributed by atoms with E-state index in [0.29, 0.717) is 11.4 Å². The summed E-state index contributed by atoms with van der Waals surface area (Å²) in [6, 6.07) is 7.74. The lowest BCUT2D eigenvalue weighted by molar-refractivity contribution is -0.392. The van der Waals surface area contributed by atoms with Gasteiger partial charge in [-0.25, -0.2) is 9.55 Å². The van der Waals surface area contributed by atoms with Crippen molar-refractivity contribution in [2.45, 2.75) is 13.5 Å². The molecule has 0 aliphatic carbocycles. The maximum Gasteiger partial charge on any atom is 0.343 e. The fourth-order valence-corrected chi connectivity index (χ4v) is 2.39. The summed E-state index contributed by atoms with van der Waals surface area (Å²) in [6.07, 6.45) is 4.89. The Balaban J connectivity index is 2.13. The van der Waals surface area contributed by atoms with Gasteiger partial charge in [-0.1, -0.05) is 6.07 Å². The van der Waals surface area contributed by atoms with Crippen LogP contribution in [0.15, 0.2) is 36.8 Å². The molecule has 0 aliphatic heterocycles. The number of hydrogen-bond acceptors (Lipinski definition) is 4. The fourth-order valence-electron chi connectivity index (χ4n) is 2.39. The smallest absolute Gasteiger partial charge is 0.343 e. The van der Waals surface area contributed by atoms with E-state index in [1.165, 1.54) is 10.8 Å². The van der Waals surface area contributed by atoms with Crippen molar-refractivity contribution >= 4 is 11.3 Å². The Morgan fingerprint density at radius 2 is 2.29 bits per heavy atom. The van der Waals surface area contributed by atoms with E-state index < -0.39 is 4.92 Å². The SMILES string of the molecule is Cc1ncc([N+](=O)[O-])n1Cc1cn2ccccc2c1C#N. The molecule has 0 saturated carbocycles. The van der Waals surface area contributed by atoms with Gasteiger partial charge in [-0.05, 0) is 17.1 Å². The number of fused-ring (bicyclic) bond motifs is 1. The summed E-state index contributed by atoms with van der Waals surface area (Å²) in [6.45, 7) is 1.95. The largest absolute Gasteiger partial charge is 0.358 e. The molecule has 3 aromatic heterocycles. The summed E-state index contributed by atoms with van der Waals surface area (Å²) >= 11 is 0. The lowest BCUT2D eigenvalue weighted by atomic mass is 10.2. The van der Waals surface area contributed by atoms with Gasteiger partial charge in [-0.3, -0.25) is 0 Å². The summed E-state index contributed by atoms with van der Waals surface area (Å²) in [7, 11) is 0. The molecule has 0 radical (unpaired) electrons. The number of nitriles is 1. The predicted octanol–water partition coefficient (Wildman–Crippen LogP) is 2.27. The third-order valence-electron chi connectivity index (χ3n) is 3.42. The highest BCUT2D eigenvalue weighted by molar-refractivity contribution is 5.65. The quantitative estimate of drug-likeness (QED) is 0.544. The topological polar surface area (TPSA) is 89.2 Å². The lowest BCUT2D eigenvalue weighted by Crippen LogP contribution is -2.06. The zero-order valence-electron chi connectivity index (χ0n) is 11.2. The molecule has 0 fully saturated rings. The summed E-state index contributed by atoms with van der Waals surface area (Å²) in [5.41, 5.74) is 2.04. The number of aryl methyl sites for hydroxylation is 1. The Morgan fingerprint density at radius 3 is 3.00 bits per heavy atom. The van der Waals surface area contributed by atoms with Crippen LogP contribution in [0.4, 0.5) is 5.82 Å². The number of hydrogen-bond donors (Lipinski definition) is 0. The van der Waals surface area contributed by atoms with E-state index in [0.717, 1.165) is 11.1 Å². The number of nitro groups is 1. The van der Waals surface area contributed by atoms with Crippen LogP contribution in [0.1, 0.15) is 17.0 Å². The standard InChI is InChI=1S/C14H11N5O2/c1-10-16-7-14(19(20)21)18(10)9-11-8-17-5-3-2-4-13(17)12(11)6-15/h2-5,7-8H,9H2,1H3. The number of nitrogens with zero attached hydrogens (tertiary/aromatic N) is 5. The van der Waals surface area contributed by atoms with Gasteiger partial charge in [-0.2, -0.15) is 5.26 Å². The highest BCUT2D eigenvalue weighted by Crippen LogP contribution is 2.22. The van der Waals surface area contributed by atoms with Crippen LogP contribution in [0, 0.1) is 28.4 Å². The molecule has 104 valence electrons. The lowest BCUT2D eigenvalue weighted by Gasteiger charge is -2.01. The van der Waals surface area contributed by atoms with E-state index in [2.05, 4.69) is 11.1 Å². The number of rotatable bonds is 3. The average molecular weight is 281 g/mol. The summed E-state index contributed by atoms with van der Waals surface area (Å²) in [4.78, 5) is 14.5. The van der Waals surface area contributed by atoms with Crippen LogP contribution in [0.5, 0.6) is 0 Å². The molecule has 0 bridgehead atoms. The van der Waals surface area contributed by atoms with E-state index in [1.807, 2.05) is 35.0 Å². The maximum atomic E-state index is 11.0. The Hall–Kier alpha value is -3.14. The van der Waals surface area contributed by atoms with Crippen molar-refractivity contribution in [3.05, 3.63) is 63.9 Å². The second-order valence-electron chi connectivity index (χ2n) is 4.64. The van der Waals surface area contributed by atoms with Crippen LogP contribution in [-0.2, 0) is 6.54 Å². The monoisotopic (exact) mass is 281 g/mol. The molecule has 0 aliphatic rings. The zero-order chi connectivity index (χ0) is 15.0. The van der Waals surface area contributed by atoms with E-state index in [9.17, 15) is 15.4 Å². The van der Waals surface area contributed by atoms with Crippen LogP contribution in [0.2, 0.25) is 0 Å². The van der Waals surface area contributed by atoms with Crippen LogP contribution >= 0.6 is 0 Å². The van der Waals surface area contributed by atoms with Gasteiger partial charge in [0.05, 0.1) is 11.1 Å². The molecule has 7 nitrogen and oxygen atoms in total. The van der Waals surface area contributed by atoms with E-state index >= 15 is 0 Å². The highest BCUT2D eigenvalue weighted by Gasteiger charge is 2.20. The minimum atomic E-state index is -0.470. The maximum absolute atomic E-state index is 11.0. The molecule has 0 atom stereocenters. The van der Waals surface area contributed by atoms with Crippen molar-refractivity contribution in [1.82, 2.24) is 14.0 Å². The normalized spacial score (nSPS) is 10.7. The van der Waals surface area contributed by atoms with Crippen molar-refractivity contribution in [1.29, 1.82) is 5.26 Å². The second kappa shape index (κ2) is 4.76. The van der Waals surface area contributed by atoms with Crippen LogP contribution < -0.4 is 0 Å². The minimum absolute atomic E-state index is 0.0772. The second-order valence-corrected chi connectivity index (χ2v) is 4.64. The van der Waals surface area contributed by atoms with Gasteiger partial charge in [-0.15, -0.1) is 0 Å².